The van der Waals surface area contributed by atoms with E-state index in [9.17, 15) is 0 Å². The first kappa shape index (κ1) is 9.92. The summed E-state index contributed by atoms with van der Waals surface area (Å²) in [6.07, 6.45) is 3.90. The van der Waals surface area contributed by atoms with Crippen LogP contribution >= 0.6 is 11.8 Å². The molecule has 1 N–H and O–H groups in total. The number of thioether (sulfide) groups is 1. The molecule has 5 nitrogen and oxygen atoms in total. The van der Waals surface area contributed by atoms with Crippen LogP contribution < -0.4 is 5.32 Å². The molecule has 1 heterocycles. The van der Waals surface area contributed by atoms with Crippen molar-refractivity contribution in [3.63, 3.8) is 0 Å². The molecule has 0 radical (unpaired) electrons. The van der Waals surface area contributed by atoms with Gasteiger partial charge in [-0.2, -0.15) is 0 Å². The van der Waals surface area contributed by atoms with Crippen LogP contribution in [0.5, 0.6) is 0 Å². The van der Waals surface area contributed by atoms with Crippen LogP contribution in [0.1, 0.15) is 19.3 Å². The lowest BCUT2D eigenvalue weighted by atomic mass is 10.5. The Bertz CT molecular complexity index is 283. The van der Waals surface area contributed by atoms with E-state index >= 15 is 0 Å². The highest BCUT2D eigenvalue weighted by atomic mass is 32.2. The molecule has 1 fully saturated rings. The predicted molar refractivity (Wildman–Crippen MR) is 55.2 cm³/mol. The largest absolute Gasteiger partial charge is 0.314 e. The highest BCUT2D eigenvalue weighted by Gasteiger charge is 2.19. The molecule has 0 aromatic carbocycles. The second-order valence-electron chi connectivity index (χ2n) is 3.52. The number of hydrogen-bond donors (Lipinski definition) is 1. The normalized spacial score (nSPS) is 16.1. The number of nitrogens with zero attached hydrogens (tertiary/aromatic N) is 4. The van der Waals surface area contributed by atoms with Gasteiger partial charge in [-0.1, -0.05) is 11.8 Å². The van der Waals surface area contributed by atoms with Gasteiger partial charge in [-0.25, -0.2) is 4.68 Å². The number of rotatable bonds is 6. The Morgan fingerprint density at radius 2 is 2.43 bits per heavy atom. The van der Waals surface area contributed by atoms with Gasteiger partial charge in [0, 0.05) is 18.8 Å². The van der Waals surface area contributed by atoms with Crippen molar-refractivity contribution >= 4 is 11.8 Å². The summed E-state index contributed by atoms with van der Waals surface area (Å²) in [5, 5.41) is 15.6. The molecule has 0 spiro atoms. The first-order valence-electron chi connectivity index (χ1n) is 4.95. The van der Waals surface area contributed by atoms with Crippen molar-refractivity contribution < 1.29 is 0 Å². The molecule has 0 aliphatic heterocycles. The van der Waals surface area contributed by atoms with Gasteiger partial charge in [0.25, 0.3) is 0 Å². The van der Waals surface area contributed by atoms with Gasteiger partial charge in [0.05, 0.1) is 0 Å². The molecule has 1 saturated carbocycles. The molecule has 0 saturated heterocycles. The summed E-state index contributed by atoms with van der Waals surface area (Å²) in [4.78, 5) is 0. The fraction of sp³-hybridized carbons (Fsp3) is 0.875. The summed E-state index contributed by atoms with van der Waals surface area (Å²) >= 11 is 1.71. The van der Waals surface area contributed by atoms with Crippen molar-refractivity contribution in [1.29, 1.82) is 0 Å². The lowest BCUT2D eigenvalue weighted by Gasteiger charge is -2.01. The van der Waals surface area contributed by atoms with Gasteiger partial charge in [-0.05, 0) is 36.2 Å². The maximum absolute atomic E-state index is 3.91. The highest BCUT2D eigenvalue weighted by Crippen LogP contribution is 2.18. The highest BCUT2D eigenvalue weighted by molar-refractivity contribution is 7.99. The quantitative estimate of drug-likeness (QED) is 0.549. The third kappa shape index (κ3) is 2.95. The maximum Gasteiger partial charge on any atom is 0.209 e. The van der Waals surface area contributed by atoms with Crippen LogP contribution in [0.15, 0.2) is 5.16 Å². The monoisotopic (exact) mass is 213 g/mol. The van der Waals surface area contributed by atoms with E-state index in [0.717, 1.165) is 23.5 Å². The summed E-state index contributed by atoms with van der Waals surface area (Å²) < 4.78 is 1.71. The molecule has 1 aromatic rings. The summed E-state index contributed by atoms with van der Waals surface area (Å²) in [6.45, 7) is 1.11. The third-order valence-corrected chi connectivity index (χ3v) is 3.24. The standard InChI is InChI=1S/C8H15N5S/c1-13-8(10-11-12-13)14-6-2-5-9-7-3-4-7/h7,9H,2-6H2,1H3. The average Bonchev–Trinajstić information content (AvgIpc) is 2.91. The average molecular weight is 213 g/mol. The van der Waals surface area contributed by atoms with Gasteiger partial charge >= 0.3 is 0 Å². The number of aromatic nitrogens is 4. The van der Waals surface area contributed by atoms with E-state index in [1.165, 1.54) is 19.3 Å². The fourth-order valence-corrected chi connectivity index (χ4v) is 1.96. The van der Waals surface area contributed by atoms with Gasteiger partial charge in [0.1, 0.15) is 0 Å². The molecular formula is C8H15N5S. The van der Waals surface area contributed by atoms with Crippen LogP contribution in [0.4, 0.5) is 0 Å². The van der Waals surface area contributed by atoms with E-state index in [0.29, 0.717) is 0 Å². The Morgan fingerprint density at radius 1 is 1.57 bits per heavy atom. The van der Waals surface area contributed by atoms with Gasteiger partial charge in [0.2, 0.25) is 5.16 Å². The fourth-order valence-electron chi connectivity index (χ4n) is 1.17. The third-order valence-electron chi connectivity index (χ3n) is 2.14. The minimum atomic E-state index is 0.816. The van der Waals surface area contributed by atoms with Gasteiger partial charge in [-0.3, -0.25) is 0 Å². The topological polar surface area (TPSA) is 55.6 Å². The number of nitrogens with one attached hydrogen (secondary N) is 1. The molecular weight excluding hydrogens is 198 g/mol. The van der Waals surface area contributed by atoms with Crippen molar-refractivity contribution in [2.45, 2.75) is 30.5 Å². The summed E-state index contributed by atoms with van der Waals surface area (Å²) in [5.74, 6) is 1.08. The molecule has 1 aliphatic carbocycles. The minimum absolute atomic E-state index is 0.816. The second-order valence-corrected chi connectivity index (χ2v) is 4.58. The zero-order chi connectivity index (χ0) is 9.80. The smallest absolute Gasteiger partial charge is 0.209 e. The minimum Gasteiger partial charge on any atom is -0.314 e. The molecule has 78 valence electrons. The predicted octanol–water partition coefficient (Wildman–Crippen LogP) is 0.444. The van der Waals surface area contributed by atoms with Crippen LogP contribution in [0.2, 0.25) is 0 Å². The van der Waals surface area contributed by atoms with E-state index in [-0.39, 0.29) is 0 Å². The molecule has 0 unspecified atom stereocenters. The first-order valence-corrected chi connectivity index (χ1v) is 5.93. The number of hydrogen-bond acceptors (Lipinski definition) is 5. The van der Waals surface area contributed by atoms with Crippen LogP contribution in [-0.2, 0) is 7.05 Å². The van der Waals surface area contributed by atoms with E-state index in [1.54, 1.807) is 16.4 Å². The second kappa shape index (κ2) is 4.75. The summed E-state index contributed by atoms with van der Waals surface area (Å²) in [6, 6.07) is 0.816. The van der Waals surface area contributed by atoms with Crippen molar-refractivity contribution in [2.24, 2.45) is 7.05 Å². The van der Waals surface area contributed by atoms with Crippen molar-refractivity contribution in [3.8, 4) is 0 Å². The number of tetrazole rings is 1. The molecule has 0 bridgehead atoms. The molecule has 1 aromatic heterocycles. The molecule has 14 heavy (non-hydrogen) atoms. The Morgan fingerprint density at radius 3 is 3.07 bits per heavy atom. The number of aryl methyl sites for hydroxylation is 1. The van der Waals surface area contributed by atoms with Crippen LogP contribution in [-0.4, -0.2) is 38.5 Å². The zero-order valence-corrected chi connectivity index (χ0v) is 9.13. The van der Waals surface area contributed by atoms with Crippen LogP contribution in [0, 0.1) is 0 Å². The Kier molecular flexibility index (Phi) is 3.36. The van der Waals surface area contributed by atoms with E-state index < -0.39 is 0 Å². The lowest BCUT2D eigenvalue weighted by Crippen LogP contribution is -2.17. The molecule has 6 heteroatoms. The van der Waals surface area contributed by atoms with Crippen LogP contribution in [0.3, 0.4) is 0 Å². The van der Waals surface area contributed by atoms with E-state index in [1.807, 2.05) is 7.05 Å². The van der Waals surface area contributed by atoms with Crippen LogP contribution in [0.25, 0.3) is 0 Å². The van der Waals surface area contributed by atoms with Gasteiger partial charge in [-0.15, -0.1) is 5.10 Å². The molecule has 1 aliphatic rings. The lowest BCUT2D eigenvalue weighted by molar-refractivity contribution is 0.660. The Balaban J connectivity index is 1.56. The molecule has 0 amide bonds. The maximum atomic E-state index is 3.91. The van der Waals surface area contributed by atoms with Crippen molar-refractivity contribution in [3.05, 3.63) is 0 Å². The summed E-state index contributed by atoms with van der Waals surface area (Å²) in [5.41, 5.74) is 0. The van der Waals surface area contributed by atoms with Crippen molar-refractivity contribution in [2.75, 3.05) is 12.3 Å². The van der Waals surface area contributed by atoms with E-state index in [2.05, 4.69) is 20.8 Å². The first-order chi connectivity index (χ1) is 6.86. The Hall–Kier alpha value is -0.620. The van der Waals surface area contributed by atoms with Gasteiger partial charge < -0.3 is 5.32 Å². The summed E-state index contributed by atoms with van der Waals surface area (Å²) in [7, 11) is 1.87. The SMILES string of the molecule is Cn1nnnc1SCCCNC1CC1. The van der Waals surface area contributed by atoms with E-state index in [4.69, 9.17) is 0 Å². The molecule has 0 atom stereocenters. The zero-order valence-electron chi connectivity index (χ0n) is 8.31. The molecule has 2 rings (SSSR count). The van der Waals surface area contributed by atoms with Gasteiger partial charge in [0.15, 0.2) is 0 Å². The van der Waals surface area contributed by atoms with Crippen molar-refractivity contribution in [1.82, 2.24) is 25.5 Å². The Labute approximate surface area is 87.6 Å².